The molecule has 0 aliphatic carbocycles. The van der Waals surface area contributed by atoms with Crippen LogP contribution in [0.3, 0.4) is 0 Å². The lowest BCUT2D eigenvalue weighted by Gasteiger charge is -2.11. The highest BCUT2D eigenvalue weighted by Crippen LogP contribution is 2.23. The minimum Gasteiger partial charge on any atom is -0.385 e. The van der Waals surface area contributed by atoms with Crippen LogP contribution in [-0.2, 0) is 16.1 Å². The van der Waals surface area contributed by atoms with E-state index in [1.54, 1.807) is 29.9 Å². The molecule has 8 nitrogen and oxygen atoms in total. The Hall–Kier alpha value is -2.88. The van der Waals surface area contributed by atoms with Gasteiger partial charge in [-0.1, -0.05) is 47.6 Å². The molecule has 0 aliphatic rings. The van der Waals surface area contributed by atoms with Gasteiger partial charge < -0.3 is 10.1 Å². The van der Waals surface area contributed by atoms with E-state index >= 15 is 0 Å². The Bertz CT molecular complexity index is 1320. The predicted octanol–water partition coefficient (Wildman–Crippen LogP) is 3.86. The molecule has 0 aliphatic heterocycles. The molecule has 0 saturated carbocycles. The molecule has 2 aromatic heterocycles. The van der Waals surface area contributed by atoms with E-state index in [0.29, 0.717) is 52.4 Å². The zero-order valence-electron chi connectivity index (χ0n) is 17.5. The molecule has 0 bridgehead atoms. The van der Waals surface area contributed by atoms with Crippen LogP contribution in [0.15, 0.2) is 58.5 Å². The Labute approximate surface area is 193 Å². The maximum absolute atomic E-state index is 13.0. The Morgan fingerprint density at radius 1 is 1.16 bits per heavy atom. The van der Waals surface area contributed by atoms with Crippen molar-refractivity contribution in [3.63, 3.8) is 0 Å². The molecule has 0 fully saturated rings. The van der Waals surface area contributed by atoms with Crippen molar-refractivity contribution < 1.29 is 9.53 Å². The first kappa shape index (κ1) is 22.3. The number of ether oxygens (including phenoxy) is 1. The average Bonchev–Trinajstić information content (AvgIpc) is 3.21. The lowest BCUT2D eigenvalue weighted by Crippen LogP contribution is -2.24. The van der Waals surface area contributed by atoms with E-state index in [0.717, 1.165) is 5.52 Å². The van der Waals surface area contributed by atoms with Crippen LogP contribution >= 0.6 is 23.4 Å². The van der Waals surface area contributed by atoms with E-state index < -0.39 is 0 Å². The maximum atomic E-state index is 13.0. The minimum absolute atomic E-state index is 0.104. The number of thioether (sulfide) groups is 1. The van der Waals surface area contributed by atoms with Crippen LogP contribution in [0.2, 0.25) is 5.02 Å². The summed E-state index contributed by atoms with van der Waals surface area (Å²) in [4.78, 5) is 25.4. The Morgan fingerprint density at radius 2 is 1.94 bits per heavy atom. The van der Waals surface area contributed by atoms with Crippen molar-refractivity contribution in [2.75, 3.05) is 24.8 Å². The van der Waals surface area contributed by atoms with Crippen molar-refractivity contribution in [1.82, 2.24) is 19.2 Å². The van der Waals surface area contributed by atoms with Crippen LogP contribution in [0.25, 0.3) is 16.7 Å². The van der Waals surface area contributed by atoms with Crippen molar-refractivity contribution in [2.24, 2.45) is 0 Å². The lowest BCUT2D eigenvalue weighted by atomic mass is 10.2. The summed E-state index contributed by atoms with van der Waals surface area (Å²) in [7, 11) is 1.63. The molecule has 2 heterocycles. The molecular weight excluding hydrogens is 450 g/mol. The maximum Gasteiger partial charge on any atom is 0.262 e. The van der Waals surface area contributed by atoms with Crippen LogP contribution in [-0.4, -0.2) is 44.5 Å². The number of hydrogen-bond donors (Lipinski definition) is 1. The number of aryl methyl sites for hydroxylation is 1. The van der Waals surface area contributed by atoms with Gasteiger partial charge in [-0.25, -0.2) is 0 Å². The van der Waals surface area contributed by atoms with E-state index in [4.69, 9.17) is 16.3 Å². The summed E-state index contributed by atoms with van der Waals surface area (Å²) in [6.45, 7) is 1.02. The quantitative estimate of drug-likeness (QED) is 0.294. The van der Waals surface area contributed by atoms with Gasteiger partial charge in [0, 0.05) is 32.4 Å². The van der Waals surface area contributed by atoms with Gasteiger partial charge in [-0.05, 0) is 30.7 Å². The highest BCUT2D eigenvalue weighted by Gasteiger charge is 2.17. The Balaban J connectivity index is 1.56. The molecule has 10 heteroatoms. The number of carbonyl (C=O) groups excluding carboxylic acids is 1. The average molecular weight is 472 g/mol. The smallest absolute Gasteiger partial charge is 0.262 e. The van der Waals surface area contributed by atoms with Gasteiger partial charge in [0.2, 0.25) is 11.7 Å². The molecule has 32 heavy (non-hydrogen) atoms. The molecule has 0 unspecified atom stereocenters. The number of carbonyl (C=O) groups is 1. The van der Waals surface area contributed by atoms with Gasteiger partial charge in [0.15, 0.2) is 5.16 Å². The van der Waals surface area contributed by atoms with Gasteiger partial charge in [-0.15, -0.1) is 10.2 Å². The van der Waals surface area contributed by atoms with Gasteiger partial charge in [-0.3, -0.25) is 18.6 Å². The standard InChI is InChI=1S/C22H22ClN5O3S/c1-31-13-6-12-27-20(30)15-7-2-5-10-18(15)28-21(27)25-26-22(28)32-14-11-19(29)24-17-9-4-3-8-16(17)23/h2-5,7-10H,6,11-14H2,1H3,(H,24,29). The molecule has 4 aromatic rings. The van der Waals surface area contributed by atoms with Gasteiger partial charge >= 0.3 is 0 Å². The van der Waals surface area contributed by atoms with Gasteiger partial charge in [0.05, 0.1) is 21.6 Å². The molecule has 4 rings (SSSR count). The first-order valence-corrected chi connectivity index (χ1v) is 11.5. The first-order chi connectivity index (χ1) is 15.6. The highest BCUT2D eigenvalue weighted by molar-refractivity contribution is 7.99. The SMILES string of the molecule is COCCCn1c(=O)c2ccccc2n2c(SCCC(=O)Nc3ccccc3Cl)nnc12. The zero-order valence-corrected chi connectivity index (χ0v) is 19.0. The van der Waals surface area contributed by atoms with E-state index in [2.05, 4.69) is 15.5 Å². The number of fused-ring (bicyclic) bond motifs is 3. The number of benzene rings is 2. The summed E-state index contributed by atoms with van der Waals surface area (Å²) < 4.78 is 8.63. The number of para-hydroxylation sites is 2. The van der Waals surface area contributed by atoms with Gasteiger partial charge in [-0.2, -0.15) is 0 Å². The Kier molecular flexibility index (Phi) is 7.09. The van der Waals surface area contributed by atoms with Crippen molar-refractivity contribution in [3.8, 4) is 0 Å². The fourth-order valence-electron chi connectivity index (χ4n) is 3.41. The lowest BCUT2D eigenvalue weighted by molar-refractivity contribution is -0.115. The summed E-state index contributed by atoms with van der Waals surface area (Å²) in [5.74, 6) is 0.836. The highest BCUT2D eigenvalue weighted by atomic mass is 35.5. The number of aromatic nitrogens is 4. The number of amides is 1. The van der Waals surface area contributed by atoms with Gasteiger partial charge in [0.25, 0.3) is 5.56 Å². The normalized spacial score (nSPS) is 11.3. The largest absolute Gasteiger partial charge is 0.385 e. The third kappa shape index (κ3) is 4.64. The molecule has 1 N–H and O–H groups in total. The van der Waals surface area contributed by atoms with Gasteiger partial charge in [0.1, 0.15) is 0 Å². The van der Waals surface area contributed by atoms with E-state index in [-0.39, 0.29) is 17.9 Å². The van der Waals surface area contributed by atoms with Crippen LogP contribution in [0, 0.1) is 0 Å². The van der Waals surface area contributed by atoms with Crippen molar-refractivity contribution in [2.45, 2.75) is 24.5 Å². The van der Waals surface area contributed by atoms with Crippen molar-refractivity contribution >= 4 is 51.6 Å². The van der Waals surface area contributed by atoms with Crippen LogP contribution in [0.4, 0.5) is 5.69 Å². The number of halogens is 1. The summed E-state index contributed by atoms with van der Waals surface area (Å²) in [6, 6.07) is 14.5. The second kappa shape index (κ2) is 10.2. The number of rotatable bonds is 9. The zero-order chi connectivity index (χ0) is 22.5. The van der Waals surface area contributed by atoms with Crippen molar-refractivity contribution in [1.29, 1.82) is 0 Å². The fraction of sp³-hybridized carbons (Fsp3) is 0.273. The molecule has 166 valence electrons. The van der Waals surface area contributed by atoms with Crippen molar-refractivity contribution in [3.05, 3.63) is 63.9 Å². The molecule has 0 radical (unpaired) electrons. The molecule has 0 saturated heterocycles. The second-order valence-corrected chi connectivity index (χ2v) is 8.53. The van der Waals surface area contributed by atoms with Crippen LogP contribution in [0.1, 0.15) is 12.8 Å². The van der Waals surface area contributed by atoms with E-state index in [9.17, 15) is 9.59 Å². The summed E-state index contributed by atoms with van der Waals surface area (Å²) >= 11 is 7.51. The summed E-state index contributed by atoms with van der Waals surface area (Å²) in [5, 5.41) is 13.1. The number of methoxy groups -OCH3 is 1. The summed E-state index contributed by atoms with van der Waals surface area (Å²) in [6.07, 6.45) is 0.957. The summed E-state index contributed by atoms with van der Waals surface area (Å²) in [5.41, 5.74) is 1.22. The second-order valence-electron chi connectivity index (χ2n) is 7.06. The van der Waals surface area contributed by atoms with Crippen LogP contribution in [0.5, 0.6) is 0 Å². The third-order valence-electron chi connectivity index (χ3n) is 4.92. The first-order valence-electron chi connectivity index (χ1n) is 10.1. The molecule has 0 spiro atoms. The molecular formula is C22H22ClN5O3S. The number of nitrogens with one attached hydrogen (secondary N) is 1. The van der Waals surface area contributed by atoms with E-state index in [1.807, 2.05) is 34.7 Å². The van der Waals surface area contributed by atoms with E-state index in [1.165, 1.54) is 11.8 Å². The number of anilines is 1. The van der Waals surface area contributed by atoms with Crippen LogP contribution < -0.4 is 10.9 Å². The Morgan fingerprint density at radius 3 is 2.75 bits per heavy atom. The number of hydrogen-bond acceptors (Lipinski definition) is 6. The predicted molar refractivity (Wildman–Crippen MR) is 127 cm³/mol. The minimum atomic E-state index is -0.138. The number of nitrogens with zero attached hydrogens (tertiary/aromatic N) is 4. The topological polar surface area (TPSA) is 90.5 Å². The fourth-order valence-corrected chi connectivity index (χ4v) is 4.47. The third-order valence-corrected chi connectivity index (χ3v) is 6.18. The monoisotopic (exact) mass is 471 g/mol. The molecule has 0 atom stereocenters. The molecule has 2 aromatic carbocycles. The molecule has 1 amide bonds.